The van der Waals surface area contributed by atoms with Gasteiger partial charge in [-0.1, -0.05) is 63.4 Å². The van der Waals surface area contributed by atoms with Gasteiger partial charge in [0.25, 0.3) is 5.91 Å². The van der Waals surface area contributed by atoms with Crippen LogP contribution in [0.1, 0.15) is 73.8 Å². The third-order valence-electron chi connectivity index (χ3n) is 7.33. The molecule has 1 saturated heterocycles. The number of thiazole rings is 1. The number of piperidine rings is 1. The zero-order valence-electron chi connectivity index (χ0n) is 22.5. The number of amides is 1. The molecule has 1 aromatic heterocycles. The van der Waals surface area contributed by atoms with E-state index in [9.17, 15) is 18.0 Å². The molecule has 1 N–H and O–H groups in total. The maximum absolute atomic E-state index is 13.1. The molecule has 2 aromatic carbocycles. The van der Waals surface area contributed by atoms with Crippen LogP contribution in [0.4, 0.5) is 18.9 Å². The van der Waals surface area contributed by atoms with Crippen LogP contribution in [0.25, 0.3) is 11.1 Å². The third kappa shape index (κ3) is 8.29. The van der Waals surface area contributed by atoms with E-state index in [-0.39, 0.29) is 11.7 Å². The van der Waals surface area contributed by atoms with Crippen molar-refractivity contribution in [1.82, 2.24) is 9.88 Å². The highest BCUT2D eigenvalue weighted by molar-refractivity contribution is 7.10. The van der Waals surface area contributed by atoms with Gasteiger partial charge in [0.2, 0.25) is 0 Å². The van der Waals surface area contributed by atoms with E-state index in [2.05, 4.69) is 33.8 Å². The number of rotatable bonds is 11. The van der Waals surface area contributed by atoms with Crippen LogP contribution in [0.2, 0.25) is 0 Å². The molecule has 1 aliphatic heterocycles. The summed E-state index contributed by atoms with van der Waals surface area (Å²) in [6.07, 6.45) is 2.43. The van der Waals surface area contributed by atoms with Crippen LogP contribution in [0.3, 0.4) is 0 Å². The number of nitrogens with zero attached hydrogens (tertiary/aromatic N) is 2. The molecule has 0 spiro atoms. The molecule has 4 rings (SSSR count). The average Bonchev–Trinajstić information content (AvgIpc) is 3.42. The first-order chi connectivity index (χ1) is 18.8. The minimum atomic E-state index is -4.75. The number of likely N-dealkylation sites (tertiary alicyclic amines) is 1. The Balaban J connectivity index is 1.36. The number of anilines is 1. The van der Waals surface area contributed by atoms with Crippen molar-refractivity contribution in [1.29, 1.82) is 0 Å². The van der Waals surface area contributed by atoms with E-state index in [1.807, 2.05) is 6.07 Å². The summed E-state index contributed by atoms with van der Waals surface area (Å²) in [5.74, 6) is 0.537. The molecule has 210 valence electrons. The first-order valence-corrected chi connectivity index (χ1v) is 14.6. The molecule has 5 nitrogen and oxygen atoms in total. The normalized spacial score (nSPS) is 15.7. The number of carbonyl (C=O) groups excluding carboxylic acids is 1. The second-order valence-electron chi connectivity index (χ2n) is 10.1. The molecule has 1 atom stereocenters. The number of ether oxygens (including phenoxy) is 1. The molecular weight excluding hydrogens is 523 g/mol. The largest absolute Gasteiger partial charge is 0.573 e. The van der Waals surface area contributed by atoms with Gasteiger partial charge in [0, 0.05) is 29.1 Å². The summed E-state index contributed by atoms with van der Waals surface area (Å²) in [5, 5.41) is 5.74. The highest BCUT2D eigenvalue weighted by Gasteiger charge is 2.31. The second-order valence-corrected chi connectivity index (χ2v) is 11.0. The summed E-state index contributed by atoms with van der Waals surface area (Å²) in [6.45, 7) is 7.84. The number of benzene rings is 2. The van der Waals surface area contributed by atoms with Crippen molar-refractivity contribution < 1.29 is 22.7 Å². The van der Waals surface area contributed by atoms with Crippen LogP contribution in [-0.4, -0.2) is 41.8 Å². The van der Waals surface area contributed by atoms with Gasteiger partial charge in [-0.25, -0.2) is 4.98 Å². The van der Waals surface area contributed by atoms with Crippen LogP contribution in [-0.2, 0) is 0 Å². The third-order valence-corrected chi connectivity index (χ3v) is 8.33. The van der Waals surface area contributed by atoms with Gasteiger partial charge in [-0.05, 0) is 62.0 Å². The second kappa shape index (κ2) is 13.4. The number of hydrogen-bond donors (Lipinski definition) is 1. The van der Waals surface area contributed by atoms with Crippen molar-refractivity contribution in [3.05, 3.63) is 64.6 Å². The van der Waals surface area contributed by atoms with Crippen molar-refractivity contribution in [2.45, 2.75) is 64.7 Å². The number of aromatic nitrogens is 1. The van der Waals surface area contributed by atoms with Crippen LogP contribution in [0.5, 0.6) is 5.75 Å². The Kier molecular flexibility index (Phi) is 10.0. The quantitative estimate of drug-likeness (QED) is 0.256. The van der Waals surface area contributed by atoms with E-state index in [1.54, 1.807) is 23.6 Å². The van der Waals surface area contributed by atoms with E-state index in [4.69, 9.17) is 0 Å². The Morgan fingerprint density at radius 2 is 1.85 bits per heavy atom. The van der Waals surface area contributed by atoms with E-state index < -0.39 is 6.36 Å². The lowest BCUT2D eigenvalue weighted by molar-refractivity contribution is -0.274. The minimum absolute atomic E-state index is 0.296. The van der Waals surface area contributed by atoms with E-state index in [1.165, 1.54) is 67.8 Å². The van der Waals surface area contributed by atoms with Gasteiger partial charge in [-0.3, -0.25) is 4.79 Å². The molecular formula is C30H36F3N3O2S. The summed E-state index contributed by atoms with van der Waals surface area (Å²) in [5.41, 5.74) is 2.29. The minimum Gasteiger partial charge on any atom is -0.406 e. The molecule has 0 saturated carbocycles. The van der Waals surface area contributed by atoms with Gasteiger partial charge >= 0.3 is 6.36 Å². The Hall–Kier alpha value is -2.91. The predicted molar refractivity (Wildman–Crippen MR) is 150 cm³/mol. The SMILES string of the molecule is CCCCC(CC)CN1CCC(c2nc(C(=O)Nc3ccccc3-c3ccc(OC(F)(F)F)cc3)cs2)CC1. The lowest BCUT2D eigenvalue weighted by Gasteiger charge is -2.33. The van der Waals surface area contributed by atoms with Crippen molar-refractivity contribution in [2.75, 3.05) is 25.0 Å². The fourth-order valence-electron chi connectivity index (χ4n) is 5.09. The van der Waals surface area contributed by atoms with Gasteiger partial charge in [-0.15, -0.1) is 24.5 Å². The summed E-state index contributed by atoms with van der Waals surface area (Å²) >= 11 is 1.54. The highest BCUT2D eigenvalue weighted by atomic mass is 32.1. The topological polar surface area (TPSA) is 54.5 Å². The number of carbonyl (C=O) groups is 1. The number of para-hydroxylation sites is 1. The maximum Gasteiger partial charge on any atom is 0.573 e. The molecule has 3 aromatic rings. The van der Waals surface area contributed by atoms with E-state index in [0.29, 0.717) is 28.4 Å². The van der Waals surface area contributed by atoms with Crippen molar-refractivity contribution >= 4 is 22.9 Å². The molecule has 39 heavy (non-hydrogen) atoms. The fraction of sp³-hybridized carbons (Fsp3) is 0.467. The first-order valence-electron chi connectivity index (χ1n) is 13.7. The van der Waals surface area contributed by atoms with E-state index >= 15 is 0 Å². The molecule has 1 amide bonds. The zero-order valence-corrected chi connectivity index (χ0v) is 23.3. The molecule has 0 radical (unpaired) electrons. The zero-order chi connectivity index (χ0) is 27.8. The molecule has 1 unspecified atom stereocenters. The lowest BCUT2D eigenvalue weighted by atomic mass is 9.94. The number of halogens is 3. The monoisotopic (exact) mass is 559 g/mol. The van der Waals surface area contributed by atoms with Crippen molar-refractivity contribution in [3.63, 3.8) is 0 Å². The highest BCUT2D eigenvalue weighted by Crippen LogP contribution is 2.33. The van der Waals surface area contributed by atoms with Crippen LogP contribution >= 0.6 is 11.3 Å². The van der Waals surface area contributed by atoms with Crippen molar-refractivity contribution in [2.24, 2.45) is 5.92 Å². The molecule has 0 bridgehead atoms. The van der Waals surface area contributed by atoms with Gasteiger partial charge < -0.3 is 15.0 Å². The number of hydrogen-bond acceptors (Lipinski definition) is 5. The summed E-state index contributed by atoms with van der Waals surface area (Å²) < 4.78 is 41.4. The predicted octanol–water partition coefficient (Wildman–Crippen LogP) is 8.36. The van der Waals surface area contributed by atoms with Crippen molar-refractivity contribution in [3.8, 4) is 16.9 Å². The average molecular weight is 560 g/mol. The number of alkyl halides is 3. The molecule has 1 aliphatic rings. The summed E-state index contributed by atoms with van der Waals surface area (Å²) in [4.78, 5) is 20.3. The lowest BCUT2D eigenvalue weighted by Crippen LogP contribution is -2.36. The molecule has 9 heteroatoms. The Morgan fingerprint density at radius 1 is 1.13 bits per heavy atom. The van der Waals surface area contributed by atoms with Gasteiger partial charge in [0.05, 0.1) is 5.01 Å². The number of nitrogens with one attached hydrogen (secondary N) is 1. The first kappa shape index (κ1) is 29.1. The Morgan fingerprint density at radius 3 is 2.51 bits per heavy atom. The molecule has 1 fully saturated rings. The Bertz CT molecular complexity index is 1200. The van der Waals surface area contributed by atoms with Gasteiger partial charge in [0.1, 0.15) is 11.4 Å². The summed E-state index contributed by atoms with van der Waals surface area (Å²) in [7, 11) is 0. The van der Waals surface area contributed by atoms with Gasteiger partial charge in [-0.2, -0.15) is 0 Å². The number of unbranched alkanes of at least 4 members (excludes halogenated alkanes) is 1. The van der Waals surface area contributed by atoms with E-state index in [0.717, 1.165) is 36.9 Å². The fourth-order valence-corrected chi connectivity index (χ4v) is 6.06. The molecule has 2 heterocycles. The van der Waals surface area contributed by atoms with Crippen LogP contribution in [0.15, 0.2) is 53.9 Å². The van der Waals surface area contributed by atoms with Crippen LogP contribution in [0, 0.1) is 5.92 Å². The van der Waals surface area contributed by atoms with Crippen LogP contribution < -0.4 is 10.1 Å². The summed E-state index contributed by atoms with van der Waals surface area (Å²) in [6, 6.07) is 12.8. The Labute approximate surface area is 232 Å². The molecule has 0 aliphatic carbocycles. The van der Waals surface area contributed by atoms with Gasteiger partial charge in [0.15, 0.2) is 0 Å². The smallest absolute Gasteiger partial charge is 0.406 e. The standard InChI is InChI=1S/C30H36F3N3O2S/c1-3-5-8-21(4-2)19-36-17-15-23(16-18-36)29-35-27(20-39-29)28(37)34-26-10-7-6-9-25(26)22-11-13-24(14-12-22)38-30(31,32)33/h6-7,9-14,20-21,23H,3-5,8,15-19H2,1-2H3,(H,34,37). The maximum atomic E-state index is 13.1.